The molecule has 0 aromatic heterocycles. The minimum absolute atomic E-state index is 0.382. The maximum Gasteiger partial charge on any atom is 0.316 e. The molecule has 2 N–H and O–H groups in total. The Kier molecular flexibility index (Phi) is 13.5. The summed E-state index contributed by atoms with van der Waals surface area (Å²) in [5.41, 5.74) is 0.553. The van der Waals surface area contributed by atoms with Gasteiger partial charge in [0.25, 0.3) is 0 Å². The third-order valence-corrected chi connectivity index (χ3v) is 5.51. The number of aliphatic carboxylic acids is 1. The molecule has 0 aliphatic carbocycles. The summed E-state index contributed by atoms with van der Waals surface area (Å²) >= 11 is 4.28. The number of nitrogens with one attached hydrogen (secondary N) is 1. The molecule has 0 bridgehead atoms. The Hall–Kier alpha value is -1.49. The lowest BCUT2D eigenvalue weighted by molar-refractivity contribution is -0.145. The molecule has 1 aromatic carbocycles. The van der Waals surface area contributed by atoms with E-state index in [9.17, 15) is 14.7 Å². The minimum Gasteiger partial charge on any atom is -0.481 e. The predicted octanol–water partition coefficient (Wildman–Crippen LogP) is 6.71. The third-order valence-electron chi connectivity index (χ3n) is 5.12. The number of anilines is 1. The monoisotopic (exact) mass is 407 g/mol. The quantitative estimate of drug-likeness (QED) is 0.162. The Bertz CT molecular complexity index is 577. The average Bonchev–Trinajstić information content (AvgIpc) is 2.67. The molecular formula is C23H37NO3S. The van der Waals surface area contributed by atoms with Crippen LogP contribution in [0.2, 0.25) is 0 Å². The molecule has 0 aliphatic rings. The minimum atomic E-state index is -1.06. The number of thiol groups is 1. The van der Waals surface area contributed by atoms with Gasteiger partial charge in [0.05, 0.1) is 5.69 Å². The Morgan fingerprint density at radius 3 is 1.89 bits per heavy atom. The number of carboxylic acid groups (broad SMARTS) is 1. The summed E-state index contributed by atoms with van der Waals surface area (Å²) in [7, 11) is 0. The second-order valence-electron chi connectivity index (χ2n) is 7.57. The van der Waals surface area contributed by atoms with E-state index < -0.39 is 17.8 Å². The first-order chi connectivity index (χ1) is 13.6. The topological polar surface area (TPSA) is 66.4 Å². The van der Waals surface area contributed by atoms with Gasteiger partial charge in [-0.2, -0.15) is 0 Å². The van der Waals surface area contributed by atoms with Crippen LogP contribution in [-0.2, 0) is 9.59 Å². The SMILES string of the molecule is CCCCCCCCCCCCCCC(C(=O)O)C(=O)Nc1ccccc1S. The molecule has 0 fully saturated rings. The van der Waals surface area contributed by atoms with E-state index in [0.717, 1.165) is 19.3 Å². The Balaban J connectivity index is 2.15. The fraction of sp³-hybridized carbons (Fsp3) is 0.652. The fourth-order valence-corrected chi connectivity index (χ4v) is 3.57. The zero-order valence-electron chi connectivity index (χ0n) is 17.3. The van der Waals surface area contributed by atoms with Crippen LogP contribution in [0.5, 0.6) is 0 Å². The number of benzene rings is 1. The van der Waals surface area contributed by atoms with Crippen LogP contribution in [0.15, 0.2) is 29.2 Å². The van der Waals surface area contributed by atoms with Gasteiger partial charge in [-0.1, -0.05) is 96.1 Å². The molecule has 1 unspecified atom stereocenters. The second-order valence-corrected chi connectivity index (χ2v) is 8.06. The van der Waals surface area contributed by atoms with Crippen molar-refractivity contribution in [3.8, 4) is 0 Å². The van der Waals surface area contributed by atoms with Crippen molar-refractivity contribution >= 4 is 30.2 Å². The Labute approximate surface area is 175 Å². The van der Waals surface area contributed by atoms with Crippen molar-refractivity contribution in [3.63, 3.8) is 0 Å². The van der Waals surface area contributed by atoms with Crippen molar-refractivity contribution in [2.24, 2.45) is 5.92 Å². The lowest BCUT2D eigenvalue weighted by Gasteiger charge is -2.14. The molecule has 5 heteroatoms. The van der Waals surface area contributed by atoms with Gasteiger partial charge in [-0.25, -0.2) is 0 Å². The number of carbonyl (C=O) groups excluding carboxylic acids is 1. The zero-order valence-corrected chi connectivity index (χ0v) is 18.2. The van der Waals surface area contributed by atoms with Crippen LogP contribution in [0.3, 0.4) is 0 Å². The van der Waals surface area contributed by atoms with Gasteiger partial charge in [0.1, 0.15) is 5.92 Å². The smallest absolute Gasteiger partial charge is 0.316 e. The van der Waals surface area contributed by atoms with Crippen molar-refractivity contribution in [1.29, 1.82) is 0 Å². The summed E-state index contributed by atoms with van der Waals surface area (Å²) < 4.78 is 0. The number of carboxylic acids is 1. The van der Waals surface area contributed by atoms with Crippen LogP contribution in [-0.4, -0.2) is 17.0 Å². The van der Waals surface area contributed by atoms with E-state index in [2.05, 4.69) is 24.9 Å². The van der Waals surface area contributed by atoms with Gasteiger partial charge in [-0.05, 0) is 18.6 Å². The van der Waals surface area contributed by atoms with E-state index in [1.54, 1.807) is 18.2 Å². The largest absolute Gasteiger partial charge is 0.481 e. The van der Waals surface area contributed by atoms with E-state index in [0.29, 0.717) is 17.0 Å². The molecule has 4 nitrogen and oxygen atoms in total. The number of para-hydroxylation sites is 1. The normalized spacial score (nSPS) is 11.9. The highest BCUT2D eigenvalue weighted by atomic mass is 32.1. The summed E-state index contributed by atoms with van der Waals surface area (Å²) in [4.78, 5) is 24.4. The maximum atomic E-state index is 12.3. The van der Waals surface area contributed by atoms with Crippen LogP contribution in [0.25, 0.3) is 0 Å². The number of unbranched alkanes of at least 4 members (excludes halogenated alkanes) is 11. The predicted molar refractivity (Wildman–Crippen MR) is 119 cm³/mol. The highest BCUT2D eigenvalue weighted by Crippen LogP contribution is 2.21. The number of rotatable bonds is 16. The van der Waals surface area contributed by atoms with E-state index in [4.69, 9.17) is 0 Å². The van der Waals surface area contributed by atoms with E-state index in [-0.39, 0.29) is 0 Å². The molecule has 1 amide bonds. The molecule has 0 spiro atoms. The third kappa shape index (κ3) is 10.7. The van der Waals surface area contributed by atoms with E-state index in [1.807, 2.05) is 6.07 Å². The summed E-state index contributed by atoms with van der Waals surface area (Å²) in [6, 6.07) is 7.10. The molecule has 0 saturated heterocycles. The van der Waals surface area contributed by atoms with Crippen LogP contribution in [0.4, 0.5) is 5.69 Å². The first kappa shape index (κ1) is 24.5. The van der Waals surface area contributed by atoms with Crippen molar-refractivity contribution in [2.75, 3.05) is 5.32 Å². The van der Waals surface area contributed by atoms with Gasteiger partial charge >= 0.3 is 5.97 Å². The first-order valence-corrected chi connectivity index (χ1v) is 11.3. The van der Waals surface area contributed by atoms with Gasteiger partial charge in [-0.15, -0.1) is 12.6 Å². The van der Waals surface area contributed by atoms with E-state index >= 15 is 0 Å². The van der Waals surface area contributed by atoms with E-state index in [1.165, 1.54) is 57.8 Å². The summed E-state index contributed by atoms with van der Waals surface area (Å²) in [5, 5.41) is 12.1. The molecule has 0 saturated carbocycles. The Morgan fingerprint density at radius 2 is 1.39 bits per heavy atom. The summed E-state index contributed by atoms with van der Waals surface area (Å²) in [6.45, 7) is 2.24. The molecule has 1 rings (SSSR count). The molecular weight excluding hydrogens is 370 g/mol. The lowest BCUT2D eigenvalue weighted by atomic mass is 9.99. The lowest BCUT2D eigenvalue weighted by Crippen LogP contribution is -2.29. The molecule has 0 heterocycles. The van der Waals surface area contributed by atoms with Crippen LogP contribution in [0.1, 0.15) is 90.4 Å². The standard InChI is InChI=1S/C23H37NO3S/c1-2-3-4-5-6-7-8-9-10-11-12-13-16-19(23(26)27)22(25)24-20-17-14-15-18-21(20)28/h14-15,17-19,28H,2-13,16H2,1H3,(H,24,25)(H,26,27). The van der Waals surface area contributed by atoms with Crippen molar-refractivity contribution in [1.82, 2.24) is 0 Å². The average molecular weight is 408 g/mol. The number of hydrogen-bond acceptors (Lipinski definition) is 3. The van der Waals surface area contributed by atoms with Crippen LogP contribution >= 0.6 is 12.6 Å². The van der Waals surface area contributed by atoms with Crippen molar-refractivity contribution in [2.45, 2.75) is 95.3 Å². The van der Waals surface area contributed by atoms with Crippen molar-refractivity contribution in [3.05, 3.63) is 24.3 Å². The van der Waals surface area contributed by atoms with Gasteiger partial charge in [0.2, 0.25) is 5.91 Å². The molecule has 1 atom stereocenters. The van der Waals surface area contributed by atoms with Gasteiger partial charge < -0.3 is 10.4 Å². The van der Waals surface area contributed by atoms with Gasteiger partial charge in [0.15, 0.2) is 0 Å². The summed E-state index contributed by atoms with van der Waals surface area (Å²) in [6.07, 6.45) is 15.1. The van der Waals surface area contributed by atoms with Crippen molar-refractivity contribution < 1.29 is 14.7 Å². The highest BCUT2D eigenvalue weighted by molar-refractivity contribution is 7.80. The molecule has 0 aliphatic heterocycles. The zero-order chi connectivity index (χ0) is 20.6. The molecule has 158 valence electrons. The molecule has 0 radical (unpaired) electrons. The second kappa shape index (κ2) is 15.4. The first-order valence-electron chi connectivity index (χ1n) is 10.9. The van der Waals surface area contributed by atoms with Crippen LogP contribution < -0.4 is 5.32 Å². The number of hydrogen-bond donors (Lipinski definition) is 3. The van der Waals surface area contributed by atoms with Crippen LogP contribution in [0, 0.1) is 5.92 Å². The van der Waals surface area contributed by atoms with Gasteiger partial charge in [-0.3, -0.25) is 9.59 Å². The number of carbonyl (C=O) groups is 2. The summed E-state index contributed by atoms with van der Waals surface area (Å²) in [5.74, 6) is -2.52. The number of amides is 1. The Morgan fingerprint density at radius 1 is 0.893 bits per heavy atom. The highest BCUT2D eigenvalue weighted by Gasteiger charge is 2.26. The maximum absolute atomic E-state index is 12.3. The molecule has 1 aromatic rings. The molecule has 28 heavy (non-hydrogen) atoms. The van der Waals surface area contributed by atoms with Gasteiger partial charge in [0, 0.05) is 4.90 Å². The fourth-order valence-electron chi connectivity index (χ4n) is 3.36.